The van der Waals surface area contributed by atoms with Crippen LogP contribution in [0.1, 0.15) is 10.4 Å². The van der Waals surface area contributed by atoms with Gasteiger partial charge >= 0.3 is 0 Å². The quantitative estimate of drug-likeness (QED) is 0.864. The molecule has 0 saturated carbocycles. The zero-order valence-corrected chi connectivity index (χ0v) is 11.5. The molecule has 0 amide bonds. The normalized spacial score (nSPS) is 10.6. The fraction of sp³-hybridized carbons (Fsp3) is 0.167. The van der Waals surface area contributed by atoms with Crippen LogP contribution in [0.4, 0.5) is 14.5 Å². The summed E-state index contributed by atoms with van der Waals surface area (Å²) in [6, 6.07) is 6.24. The average molecular weight is 318 g/mol. The zero-order valence-electron chi connectivity index (χ0n) is 9.06. The van der Waals surface area contributed by atoms with Crippen molar-refractivity contribution in [3.8, 4) is 0 Å². The van der Waals surface area contributed by atoms with Gasteiger partial charge in [0.1, 0.15) is 11.6 Å². The Balaban J connectivity index is 2.11. The fourth-order valence-corrected chi connectivity index (χ4v) is 2.83. The molecule has 0 aliphatic carbocycles. The largest absolute Gasteiger partial charge is 0.378 e. The van der Waals surface area contributed by atoms with Gasteiger partial charge in [-0.2, -0.15) is 0 Å². The molecular formula is C12H10BrF2NS. The molecule has 90 valence electrons. The minimum Gasteiger partial charge on any atom is -0.378 e. The van der Waals surface area contributed by atoms with Crippen LogP contribution in [0, 0.1) is 18.6 Å². The number of hydrogen-bond acceptors (Lipinski definition) is 2. The lowest BCUT2D eigenvalue weighted by atomic mass is 10.2. The van der Waals surface area contributed by atoms with E-state index in [9.17, 15) is 8.78 Å². The van der Waals surface area contributed by atoms with E-state index in [2.05, 4.69) is 21.2 Å². The minimum atomic E-state index is -0.431. The van der Waals surface area contributed by atoms with Gasteiger partial charge in [0.15, 0.2) is 0 Å². The van der Waals surface area contributed by atoms with Crippen molar-refractivity contribution in [1.29, 1.82) is 0 Å². The Labute approximate surface area is 111 Å². The molecule has 5 heteroatoms. The first kappa shape index (κ1) is 12.5. The molecule has 0 saturated heterocycles. The van der Waals surface area contributed by atoms with Crippen LogP contribution in [0.5, 0.6) is 0 Å². The Kier molecular flexibility index (Phi) is 3.79. The number of benzene rings is 1. The van der Waals surface area contributed by atoms with Crippen LogP contribution in [-0.4, -0.2) is 0 Å². The lowest BCUT2D eigenvalue weighted by Gasteiger charge is -2.07. The molecule has 0 unspecified atom stereocenters. The van der Waals surface area contributed by atoms with Crippen molar-refractivity contribution in [2.45, 2.75) is 13.5 Å². The monoisotopic (exact) mass is 317 g/mol. The molecule has 2 rings (SSSR count). The molecule has 1 aromatic carbocycles. The van der Waals surface area contributed by atoms with Crippen molar-refractivity contribution in [3.05, 3.63) is 50.1 Å². The summed E-state index contributed by atoms with van der Waals surface area (Å²) in [5.41, 5.74) is 0.504. The van der Waals surface area contributed by atoms with Gasteiger partial charge in [0, 0.05) is 17.5 Å². The van der Waals surface area contributed by atoms with E-state index in [0.29, 0.717) is 12.1 Å². The Bertz CT molecular complexity index is 539. The standard InChI is InChI=1S/C12H10BrF2NS/c1-7-4-10(15)11(5-9(7)14)16-6-8-2-3-12(13)17-8/h2-5,16H,6H2,1H3. The van der Waals surface area contributed by atoms with Gasteiger partial charge in [0.05, 0.1) is 9.47 Å². The summed E-state index contributed by atoms with van der Waals surface area (Å²) >= 11 is 4.91. The molecule has 1 aromatic heterocycles. The van der Waals surface area contributed by atoms with Gasteiger partial charge in [-0.15, -0.1) is 11.3 Å². The predicted molar refractivity (Wildman–Crippen MR) is 70.4 cm³/mol. The van der Waals surface area contributed by atoms with Gasteiger partial charge in [-0.3, -0.25) is 0 Å². The Morgan fingerprint density at radius 2 is 2.00 bits per heavy atom. The Hall–Kier alpha value is -0.940. The third kappa shape index (κ3) is 3.04. The molecule has 1 N–H and O–H groups in total. The van der Waals surface area contributed by atoms with Gasteiger partial charge in [-0.1, -0.05) is 0 Å². The molecular weight excluding hydrogens is 308 g/mol. The highest BCUT2D eigenvalue weighted by molar-refractivity contribution is 9.11. The highest BCUT2D eigenvalue weighted by atomic mass is 79.9. The number of halogens is 3. The van der Waals surface area contributed by atoms with E-state index in [1.165, 1.54) is 12.1 Å². The van der Waals surface area contributed by atoms with Crippen LogP contribution in [0.25, 0.3) is 0 Å². The lowest BCUT2D eigenvalue weighted by molar-refractivity contribution is 0.594. The number of rotatable bonds is 3. The summed E-state index contributed by atoms with van der Waals surface area (Å²) in [7, 11) is 0. The van der Waals surface area contributed by atoms with Gasteiger partial charge in [-0.05, 0) is 46.6 Å². The van der Waals surface area contributed by atoms with Crippen molar-refractivity contribution >= 4 is 33.0 Å². The van der Waals surface area contributed by atoms with Crippen molar-refractivity contribution in [3.63, 3.8) is 0 Å². The molecule has 17 heavy (non-hydrogen) atoms. The minimum absolute atomic E-state index is 0.192. The lowest BCUT2D eigenvalue weighted by Crippen LogP contribution is -2.01. The number of thiophene rings is 1. The molecule has 0 aliphatic rings. The van der Waals surface area contributed by atoms with E-state index >= 15 is 0 Å². The predicted octanol–water partition coefficient (Wildman–Crippen LogP) is 4.71. The van der Waals surface area contributed by atoms with E-state index in [0.717, 1.165) is 8.66 Å². The van der Waals surface area contributed by atoms with Gasteiger partial charge in [0.2, 0.25) is 0 Å². The summed E-state index contributed by atoms with van der Waals surface area (Å²) in [4.78, 5) is 1.05. The van der Waals surface area contributed by atoms with Crippen molar-refractivity contribution < 1.29 is 8.78 Å². The first-order chi connectivity index (χ1) is 8.06. The molecule has 0 atom stereocenters. The van der Waals surface area contributed by atoms with E-state index in [-0.39, 0.29) is 5.69 Å². The first-order valence-corrected chi connectivity index (χ1v) is 6.61. The maximum atomic E-state index is 13.5. The van der Waals surface area contributed by atoms with E-state index in [1.54, 1.807) is 18.3 Å². The molecule has 0 bridgehead atoms. The smallest absolute Gasteiger partial charge is 0.146 e. The second kappa shape index (κ2) is 5.14. The average Bonchev–Trinajstić information content (AvgIpc) is 2.68. The van der Waals surface area contributed by atoms with E-state index in [1.807, 2.05) is 12.1 Å². The highest BCUT2D eigenvalue weighted by Gasteiger charge is 2.07. The molecule has 1 heterocycles. The molecule has 1 nitrogen and oxygen atoms in total. The SMILES string of the molecule is Cc1cc(F)c(NCc2ccc(Br)s2)cc1F. The fourth-order valence-electron chi connectivity index (χ4n) is 1.41. The number of anilines is 1. The van der Waals surface area contributed by atoms with Gasteiger partial charge < -0.3 is 5.32 Å². The van der Waals surface area contributed by atoms with Crippen LogP contribution < -0.4 is 5.32 Å². The molecule has 0 aliphatic heterocycles. The molecule has 0 fully saturated rings. The maximum Gasteiger partial charge on any atom is 0.146 e. The van der Waals surface area contributed by atoms with Crippen LogP contribution in [0.2, 0.25) is 0 Å². The third-order valence-electron chi connectivity index (χ3n) is 2.33. The Morgan fingerprint density at radius 1 is 1.24 bits per heavy atom. The van der Waals surface area contributed by atoms with Gasteiger partial charge in [-0.25, -0.2) is 8.78 Å². The number of hydrogen-bond donors (Lipinski definition) is 1. The number of aryl methyl sites for hydroxylation is 1. The molecule has 2 aromatic rings. The van der Waals surface area contributed by atoms with Gasteiger partial charge in [0.25, 0.3) is 0 Å². The second-order valence-corrected chi connectivity index (χ2v) is 6.19. The number of nitrogens with one attached hydrogen (secondary N) is 1. The van der Waals surface area contributed by atoms with E-state index in [4.69, 9.17) is 0 Å². The van der Waals surface area contributed by atoms with Crippen molar-refractivity contribution in [2.75, 3.05) is 5.32 Å². The summed E-state index contributed by atoms with van der Waals surface area (Å²) in [5, 5.41) is 2.89. The van der Waals surface area contributed by atoms with Crippen molar-refractivity contribution in [1.82, 2.24) is 0 Å². The van der Waals surface area contributed by atoms with Crippen LogP contribution >= 0.6 is 27.3 Å². The summed E-state index contributed by atoms with van der Waals surface area (Å²) < 4.78 is 27.8. The third-order valence-corrected chi connectivity index (χ3v) is 3.95. The van der Waals surface area contributed by atoms with E-state index < -0.39 is 11.6 Å². The zero-order chi connectivity index (χ0) is 12.4. The summed E-state index contributed by atoms with van der Waals surface area (Å²) in [6.45, 7) is 2.02. The van der Waals surface area contributed by atoms with Crippen molar-refractivity contribution in [2.24, 2.45) is 0 Å². The van der Waals surface area contributed by atoms with Crippen LogP contribution in [-0.2, 0) is 6.54 Å². The molecule has 0 radical (unpaired) electrons. The molecule has 0 spiro atoms. The summed E-state index contributed by atoms with van der Waals surface area (Å²) in [5.74, 6) is -0.833. The topological polar surface area (TPSA) is 12.0 Å². The van der Waals surface area contributed by atoms with Crippen LogP contribution in [0.15, 0.2) is 28.1 Å². The highest BCUT2D eigenvalue weighted by Crippen LogP contribution is 2.24. The van der Waals surface area contributed by atoms with Crippen LogP contribution in [0.3, 0.4) is 0 Å². The summed E-state index contributed by atoms with van der Waals surface area (Å²) in [6.07, 6.45) is 0. The second-order valence-electron chi connectivity index (χ2n) is 3.64. The Morgan fingerprint density at radius 3 is 2.65 bits per heavy atom. The maximum absolute atomic E-state index is 13.5. The first-order valence-electron chi connectivity index (χ1n) is 5.00.